The van der Waals surface area contributed by atoms with E-state index in [0.29, 0.717) is 5.56 Å². The smallest absolute Gasteiger partial charge is 0.270 e. The van der Waals surface area contributed by atoms with E-state index >= 15 is 0 Å². The average molecular weight is 417 g/mol. The maximum absolute atomic E-state index is 13.9. The zero-order valence-corrected chi connectivity index (χ0v) is 15.8. The van der Waals surface area contributed by atoms with E-state index in [0.717, 1.165) is 24.3 Å². The number of aromatic amines is 2. The van der Waals surface area contributed by atoms with Crippen molar-refractivity contribution in [1.82, 2.24) is 14.9 Å². The van der Waals surface area contributed by atoms with Crippen molar-refractivity contribution in [2.75, 3.05) is 7.05 Å². The number of nitrogens with zero attached hydrogens (tertiary/aromatic N) is 1. The van der Waals surface area contributed by atoms with E-state index in [1.54, 1.807) is 6.92 Å². The summed E-state index contributed by atoms with van der Waals surface area (Å²) in [5, 5.41) is 0.171. The van der Waals surface area contributed by atoms with E-state index in [-0.39, 0.29) is 27.4 Å². The summed E-state index contributed by atoms with van der Waals surface area (Å²) in [6, 6.07) is 4.11. The van der Waals surface area contributed by atoms with E-state index in [4.69, 9.17) is 0 Å². The van der Waals surface area contributed by atoms with E-state index < -0.39 is 40.8 Å². The maximum atomic E-state index is 13.9. The third kappa shape index (κ3) is 3.12. The van der Waals surface area contributed by atoms with Gasteiger partial charge in [-0.25, -0.2) is 17.6 Å². The van der Waals surface area contributed by atoms with Crippen LogP contribution >= 0.6 is 0 Å². The van der Waals surface area contributed by atoms with E-state index in [2.05, 4.69) is 9.97 Å². The number of carbonyl (C=O) groups is 1. The fourth-order valence-corrected chi connectivity index (χ4v) is 3.47. The molecule has 0 spiro atoms. The Morgan fingerprint density at radius 1 is 0.933 bits per heavy atom. The Morgan fingerprint density at radius 3 is 2.30 bits per heavy atom. The molecule has 2 aromatic carbocycles. The van der Waals surface area contributed by atoms with Gasteiger partial charge in [0.1, 0.15) is 17.3 Å². The molecule has 0 bridgehead atoms. The Bertz CT molecular complexity index is 1380. The van der Waals surface area contributed by atoms with Crippen molar-refractivity contribution in [1.29, 1.82) is 0 Å². The summed E-state index contributed by atoms with van der Waals surface area (Å²) in [6.45, 7) is 1.63. The predicted octanol–water partition coefficient (Wildman–Crippen LogP) is 4.40. The van der Waals surface area contributed by atoms with Gasteiger partial charge in [-0.2, -0.15) is 0 Å². The molecule has 1 unspecified atom stereocenters. The zero-order chi connectivity index (χ0) is 21.7. The van der Waals surface area contributed by atoms with E-state index in [1.165, 1.54) is 24.2 Å². The van der Waals surface area contributed by atoms with Crippen LogP contribution in [-0.2, 0) is 0 Å². The Labute approximate surface area is 166 Å². The van der Waals surface area contributed by atoms with Crippen LogP contribution in [0.15, 0.2) is 41.3 Å². The highest BCUT2D eigenvalue weighted by molar-refractivity contribution is 5.98. The minimum Gasteiger partial charge on any atom is -0.350 e. The van der Waals surface area contributed by atoms with Crippen molar-refractivity contribution in [3.63, 3.8) is 0 Å². The van der Waals surface area contributed by atoms with Gasteiger partial charge in [0.2, 0.25) is 0 Å². The third-order valence-corrected chi connectivity index (χ3v) is 5.21. The lowest BCUT2D eigenvalue weighted by Crippen LogP contribution is -2.30. The fourth-order valence-electron chi connectivity index (χ4n) is 3.47. The summed E-state index contributed by atoms with van der Waals surface area (Å²) in [6.07, 6.45) is 1.33. The average Bonchev–Trinajstić information content (AvgIpc) is 3.12. The van der Waals surface area contributed by atoms with Gasteiger partial charge in [0.25, 0.3) is 11.5 Å². The third-order valence-electron chi connectivity index (χ3n) is 5.21. The van der Waals surface area contributed by atoms with Crippen LogP contribution in [0.3, 0.4) is 0 Å². The van der Waals surface area contributed by atoms with Crippen molar-refractivity contribution < 1.29 is 22.4 Å². The molecule has 2 heterocycles. The van der Waals surface area contributed by atoms with Gasteiger partial charge in [-0.15, -0.1) is 0 Å². The van der Waals surface area contributed by atoms with Crippen LogP contribution in [0.25, 0.3) is 21.7 Å². The van der Waals surface area contributed by atoms with Gasteiger partial charge in [0, 0.05) is 24.7 Å². The summed E-state index contributed by atoms with van der Waals surface area (Å²) >= 11 is 0. The highest BCUT2D eigenvalue weighted by Gasteiger charge is 2.24. The van der Waals surface area contributed by atoms with Crippen molar-refractivity contribution in [2.24, 2.45) is 0 Å². The van der Waals surface area contributed by atoms with Crippen LogP contribution in [0.2, 0.25) is 0 Å². The predicted molar refractivity (Wildman–Crippen MR) is 103 cm³/mol. The molecule has 1 amide bonds. The normalized spacial score (nSPS) is 12.5. The van der Waals surface area contributed by atoms with Crippen molar-refractivity contribution >= 4 is 27.6 Å². The lowest BCUT2D eigenvalue weighted by atomic mass is 10.0. The number of fused-ring (bicyclic) bond motifs is 2. The summed E-state index contributed by atoms with van der Waals surface area (Å²) in [5.74, 6) is -4.41. The Morgan fingerprint density at radius 2 is 1.60 bits per heavy atom. The number of hydrogen-bond acceptors (Lipinski definition) is 2. The molecule has 0 fully saturated rings. The highest BCUT2D eigenvalue weighted by atomic mass is 19.2. The molecule has 4 aromatic rings. The first-order chi connectivity index (χ1) is 14.2. The number of H-pyrrole nitrogens is 2. The summed E-state index contributed by atoms with van der Waals surface area (Å²) < 4.78 is 54.7. The Balaban J connectivity index is 1.75. The van der Waals surface area contributed by atoms with Gasteiger partial charge in [0.15, 0.2) is 11.6 Å². The van der Waals surface area contributed by atoms with Crippen LogP contribution in [0.5, 0.6) is 0 Å². The number of amides is 1. The van der Waals surface area contributed by atoms with E-state index in [9.17, 15) is 27.2 Å². The second kappa shape index (κ2) is 7.01. The molecule has 0 aliphatic rings. The molecule has 0 aliphatic carbocycles. The highest BCUT2D eigenvalue weighted by Crippen LogP contribution is 2.28. The maximum Gasteiger partial charge on any atom is 0.270 e. The molecule has 5 nitrogen and oxygen atoms in total. The molecule has 0 saturated carbocycles. The quantitative estimate of drug-likeness (QED) is 0.485. The number of rotatable bonds is 3. The SMILES string of the molecule is CC(c1c[nH]c(=O)c2cc(F)c(F)cc12)N(C)C(=O)c1cc2c(F)cc(F)cc2[nH]1. The number of hydrogen-bond donors (Lipinski definition) is 2. The summed E-state index contributed by atoms with van der Waals surface area (Å²) in [5.41, 5.74) is -0.0617. The van der Waals surface area contributed by atoms with Gasteiger partial charge in [-0.05, 0) is 42.1 Å². The molecule has 1 atom stereocenters. The monoisotopic (exact) mass is 417 g/mol. The Hall–Kier alpha value is -3.62. The zero-order valence-electron chi connectivity index (χ0n) is 15.8. The lowest BCUT2D eigenvalue weighted by molar-refractivity contribution is 0.0738. The molecule has 9 heteroatoms. The first-order valence-electron chi connectivity index (χ1n) is 8.92. The summed E-state index contributed by atoms with van der Waals surface area (Å²) in [4.78, 5) is 31.4. The molecular weight excluding hydrogens is 402 g/mol. The first-order valence-corrected chi connectivity index (χ1v) is 8.92. The number of benzene rings is 2. The Kier molecular flexibility index (Phi) is 4.60. The molecule has 2 aromatic heterocycles. The topological polar surface area (TPSA) is 69.0 Å². The van der Waals surface area contributed by atoms with Crippen LogP contribution < -0.4 is 5.56 Å². The minimum atomic E-state index is -1.16. The van der Waals surface area contributed by atoms with Crippen molar-refractivity contribution in [3.8, 4) is 0 Å². The van der Waals surface area contributed by atoms with Crippen LogP contribution in [-0.4, -0.2) is 27.8 Å². The standard InChI is InChI=1S/C21H15F4N3O2/c1-9(14-8-26-20(29)12-6-17(25)16(24)5-11(12)14)28(2)21(30)19-7-13-15(23)3-10(22)4-18(13)27-19/h3-9,27H,1-2H3,(H,26,29). The summed E-state index contributed by atoms with van der Waals surface area (Å²) in [7, 11) is 1.46. The van der Waals surface area contributed by atoms with Crippen molar-refractivity contribution in [3.05, 3.63) is 81.4 Å². The second-order valence-corrected chi connectivity index (χ2v) is 7.01. The lowest BCUT2D eigenvalue weighted by Gasteiger charge is -2.25. The van der Waals surface area contributed by atoms with Crippen LogP contribution in [0, 0.1) is 23.3 Å². The van der Waals surface area contributed by atoms with Crippen LogP contribution in [0.1, 0.15) is 29.0 Å². The van der Waals surface area contributed by atoms with Gasteiger partial charge >= 0.3 is 0 Å². The molecule has 0 saturated heterocycles. The number of halogens is 4. The minimum absolute atomic E-state index is 0.0230. The molecule has 154 valence electrons. The van der Waals surface area contributed by atoms with Gasteiger partial charge in [0.05, 0.1) is 16.9 Å². The van der Waals surface area contributed by atoms with Gasteiger partial charge < -0.3 is 14.9 Å². The molecule has 2 N–H and O–H groups in total. The van der Waals surface area contributed by atoms with Crippen LogP contribution in [0.4, 0.5) is 17.6 Å². The number of aromatic nitrogens is 2. The van der Waals surface area contributed by atoms with Gasteiger partial charge in [-0.3, -0.25) is 9.59 Å². The van der Waals surface area contributed by atoms with Gasteiger partial charge in [-0.1, -0.05) is 0 Å². The molecular formula is C21H15F4N3O2. The van der Waals surface area contributed by atoms with E-state index in [1.807, 2.05) is 0 Å². The van der Waals surface area contributed by atoms with Crippen molar-refractivity contribution in [2.45, 2.75) is 13.0 Å². The number of nitrogens with one attached hydrogen (secondary N) is 2. The fraction of sp³-hybridized carbons (Fsp3) is 0.143. The molecule has 0 aliphatic heterocycles. The number of carbonyl (C=O) groups excluding carboxylic acids is 1. The second-order valence-electron chi connectivity index (χ2n) is 7.01. The molecule has 30 heavy (non-hydrogen) atoms. The largest absolute Gasteiger partial charge is 0.350 e. The first kappa shape index (κ1) is 19.7. The molecule has 0 radical (unpaired) electrons. The number of pyridine rings is 1. The molecule has 4 rings (SSSR count).